The summed E-state index contributed by atoms with van der Waals surface area (Å²) in [6, 6.07) is 14.7. The van der Waals surface area contributed by atoms with Crippen LogP contribution in [0.4, 0.5) is 10.8 Å². The standard InChI is InChI=1S/C21H18N4O2S/c26-19(15-11-13-5-1-2-6-16(13)23-20(15)27)22-14-7-8-17-18(12-14)28-21(24-17)25-9-3-4-10-25/h1-2,5-8,11-12H,3-4,9-10H2,(H,22,26)(H,23,27). The number of hydrogen-bond acceptors (Lipinski definition) is 5. The fraction of sp³-hybridized carbons (Fsp3) is 0.190. The number of aromatic nitrogens is 2. The lowest BCUT2D eigenvalue weighted by molar-refractivity contribution is 0.102. The minimum atomic E-state index is -0.421. The molecule has 0 aliphatic carbocycles. The van der Waals surface area contributed by atoms with Gasteiger partial charge in [0.1, 0.15) is 5.56 Å². The Balaban J connectivity index is 1.43. The number of aromatic amines is 1. The van der Waals surface area contributed by atoms with Crippen LogP contribution in [0, 0.1) is 0 Å². The second-order valence-electron chi connectivity index (χ2n) is 6.93. The molecule has 140 valence electrons. The predicted octanol–water partition coefficient (Wildman–Crippen LogP) is 3.99. The number of nitrogens with one attached hydrogen (secondary N) is 2. The van der Waals surface area contributed by atoms with Crippen molar-refractivity contribution in [3.63, 3.8) is 0 Å². The lowest BCUT2D eigenvalue weighted by Crippen LogP contribution is -2.22. The van der Waals surface area contributed by atoms with Gasteiger partial charge in [0.2, 0.25) is 0 Å². The van der Waals surface area contributed by atoms with Gasteiger partial charge in [-0.25, -0.2) is 4.98 Å². The van der Waals surface area contributed by atoms with E-state index in [1.165, 1.54) is 12.8 Å². The Bertz CT molecular complexity index is 1250. The van der Waals surface area contributed by atoms with Crippen molar-refractivity contribution in [3.05, 3.63) is 64.4 Å². The zero-order valence-electron chi connectivity index (χ0n) is 15.1. The molecule has 4 aromatic rings. The summed E-state index contributed by atoms with van der Waals surface area (Å²) in [5.41, 5.74) is 1.99. The minimum Gasteiger partial charge on any atom is -0.348 e. The fourth-order valence-electron chi connectivity index (χ4n) is 3.55. The first kappa shape index (κ1) is 16.9. The van der Waals surface area contributed by atoms with Crippen molar-refractivity contribution in [2.75, 3.05) is 23.3 Å². The highest BCUT2D eigenvalue weighted by Gasteiger charge is 2.17. The average molecular weight is 390 g/mol. The number of anilines is 2. The van der Waals surface area contributed by atoms with Gasteiger partial charge < -0.3 is 15.2 Å². The van der Waals surface area contributed by atoms with Crippen LogP contribution in [-0.2, 0) is 0 Å². The molecule has 0 spiro atoms. The van der Waals surface area contributed by atoms with E-state index in [0.29, 0.717) is 11.2 Å². The summed E-state index contributed by atoms with van der Waals surface area (Å²) >= 11 is 1.63. The molecule has 1 amide bonds. The van der Waals surface area contributed by atoms with Gasteiger partial charge in [-0.3, -0.25) is 9.59 Å². The first-order chi connectivity index (χ1) is 13.7. The Morgan fingerprint density at radius 1 is 1.11 bits per heavy atom. The molecule has 0 radical (unpaired) electrons. The van der Waals surface area contributed by atoms with Gasteiger partial charge in [0.15, 0.2) is 5.13 Å². The van der Waals surface area contributed by atoms with Crippen LogP contribution in [0.3, 0.4) is 0 Å². The van der Waals surface area contributed by atoms with Gasteiger partial charge in [-0.15, -0.1) is 0 Å². The number of rotatable bonds is 3. The van der Waals surface area contributed by atoms with Gasteiger partial charge in [0, 0.05) is 24.3 Å². The molecule has 5 rings (SSSR count). The van der Waals surface area contributed by atoms with E-state index in [9.17, 15) is 9.59 Å². The molecule has 0 bridgehead atoms. The maximum absolute atomic E-state index is 12.7. The second kappa shape index (κ2) is 6.76. The van der Waals surface area contributed by atoms with Crippen molar-refractivity contribution in [1.29, 1.82) is 0 Å². The molecule has 2 aromatic heterocycles. The highest BCUT2D eigenvalue weighted by Crippen LogP contribution is 2.32. The van der Waals surface area contributed by atoms with Crippen molar-refractivity contribution in [2.24, 2.45) is 0 Å². The third-order valence-electron chi connectivity index (χ3n) is 5.01. The molecule has 0 unspecified atom stereocenters. The Hall–Kier alpha value is -3.19. The van der Waals surface area contributed by atoms with E-state index in [0.717, 1.165) is 33.8 Å². The van der Waals surface area contributed by atoms with Crippen LogP contribution in [-0.4, -0.2) is 29.0 Å². The zero-order valence-corrected chi connectivity index (χ0v) is 15.9. The van der Waals surface area contributed by atoms with Crippen LogP contribution in [0.1, 0.15) is 23.2 Å². The molecular formula is C21H18N4O2S. The van der Waals surface area contributed by atoms with E-state index in [-0.39, 0.29) is 5.56 Å². The molecule has 7 heteroatoms. The van der Waals surface area contributed by atoms with Crippen molar-refractivity contribution in [3.8, 4) is 0 Å². The summed E-state index contributed by atoms with van der Waals surface area (Å²) in [5.74, 6) is -0.421. The molecule has 2 aromatic carbocycles. The van der Waals surface area contributed by atoms with Gasteiger partial charge in [-0.1, -0.05) is 29.5 Å². The van der Waals surface area contributed by atoms with Crippen LogP contribution in [0.25, 0.3) is 21.1 Å². The first-order valence-corrected chi connectivity index (χ1v) is 10.1. The number of thiazole rings is 1. The van der Waals surface area contributed by atoms with Crippen LogP contribution in [0.2, 0.25) is 0 Å². The summed E-state index contributed by atoms with van der Waals surface area (Å²) in [6.45, 7) is 2.10. The molecular weight excluding hydrogens is 372 g/mol. The summed E-state index contributed by atoms with van der Waals surface area (Å²) in [5, 5.41) is 4.69. The number of benzene rings is 2. The van der Waals surface area contributed by atoms with Crippen LogP contribution in [0.5, 0.6) is 0 Å². The second-order valence-corrected chi connectivity index (χ2v) is 7.94. The normalized spacial score (nSPS) is 14.1. The van der Waals surface area contributed by atoms with Crippen molar-refractivity contribution in [1.82, 2.24) is 9.97 Å². The Labute approximate surface area is 164 Å². The van der Waals surface area contributed by atoms with Crippen LogP contribution >= 0.6 is 11.3 Å². The van der Waals surface area contributed by atoms with Crippen LogP contribution < -0.4 is 15.8 Å². The Morgan fingerprint density at radius 3 is 2.79 bits per heavy atom. The minimum absolute atomic E-state index is 0.0980. The summed E-state index contributed by atoms with van der Waals surface area (Å²) in [4.78, 5) is 34.7. The number of nitrogens with zero attached hydrogens (tertiary/aromatic N) is 2. The molecule has 1 aliphatic rings. The van der Waals surface area contributed by atoms with Gasteiger partial charge in [0.25, 0.3) is 11.5 Å². The maximum Gasteiger partial charge on any atom is 0.261 e. The number of hydrogen-bond donors (Lipinski definition) is 2. The predicted molar refractivity (Wildman–Crippen MR) is 114 cm³/mol. The molecule has 2 N–H and O–H groups in total. The van der Waals surface area contributed by atoms with Gasteiger partial charge in [0.05, 0.1) is 10.2 Å². The smallest absolute Gasteiger partial charge is 0.261 e. The topological polar surface area (TPSA) is 78.1 Å². The number of carbonyl (C=O) groups excluding carboxylic acids is 1. The fourth-order valence-corrected chi connectivity index (χ4v) is 4.60. The van der Waals surface area contributed by atoms with Gasteiger partial charge in [-0.05, 0) is 48.6 Å². The zero-order chi connectivity index (χ0) is 19.1. The molecule has 1 fully saturated rings. The van der Waals surface area contributed by atoms with Crippen molar-refractivity contribution < 1.29 is 4.79 Å². The number of pyridine rings is 1. The van der Waals surface area contributed by atoms with Gasteiger partial charge in [-0.2, -0.15) is 0 Å². The lowest BCUT2D eigenvalue weighted by atomic mass is 10.1. The van der Waals surface area contributed by atoms with E-state index in [2.05, 4.69) is 15.2 Å². The summed E-state index contributed by atoms with van der Waals surface area (Å²) in [6.07, 6.45) is 2.41. The highest BCUT2D eigenvalue weighted by molar-refractivity contribution is 7.22. The summed E-state index contributed by atoms with van der Waals surface area (Å²) < 4.78 is 1.02. The van der Waals surface area contributed by atoms with Crippen molar-refractivity contribution >= 4 is 49.2 Å². The number of H-pyrrole nitrogens is 1. The van der Waals surface area contributed by atoms with E-state index >= 15 is 0 Å². The number of amides is 1. The quantitative estimate of drug-likeness (QED) is 0.554. The Kier molecular flexibility index (Phi) is 4.09. The van der Waals surface area contributed by atoms with Gasteiger partial charge >= 0.3 is 0 Å². The molecule has 1 saturated heterocycles. The third-order valence-corrected chi connectivity index (χ3v) is 6.09. The SMILES string of the molecule is O=C(Nc1ccc2nc(N3CCCC3)sc2c1)c1cc2ccccc2[nH]c1=O. The molecule has 6 nitrogen and oxygen atoms in total. The molecule has 3 heterocycles. The molecule has 28 heavy (non-hydrogen) atoms. The lowest BCUT2D eigenvalue weighted by Gasteiger charge is -2.11. The monoisotopic (exact) mass is 390 g/mol. The van der Waals surface area contributed by atoms with E-state index in [1.54, 1.807) is 17.4 Å². The van der Waals surface area contributed by atoms with E-state index in [4.69, 9.17) is 4.98 Å². The summed E-state index contributed by atoms with van der Waals surface area (Å²) in [7, 11) is 0. The van der Waals surface area contributed by atoms with Crippen molar-refractivity contribution in [2.45, 2.75) is 12.8 Å². The van der Waals surface area contributed by atoms with Crippen LogP contribution in [0.15, 0.2) is 53.3 Å². The number of carbonyl (C=O) groups is 1. The van der Waals surface area contributed by atoms with E-state index in [1.807, 2.05) is 42.5 Å². The largest absolute Gasteiger partial charge is 0.348 e. The highest BCUT2D eigenvalue weighted by atomic mass is 32.1. The molecule has 0 saturated carbocycles. The first-order valence-electron chi connectivity index (χ1n) is 9.26. The van der Waals surface area contributed by atoms with E-state index < -0.39 is 11.5 Å². The Morgan fingerprint density at radius 2 is 1.93 bits per heavy atom. The molecule has 1 aliphatic heterocycles. The number of fused-ring (bicyclic) bond motifs is 2. The maximum atomic E-state index is 12.7. The molecule has 0 atom stereocenters. The average Bonchev–Trinajstić information content (AvgIpc) is 3.36. The third kappa shape index (κ3) is 3.03. The number of para-hydroxylation sites is 1.